The molecule has 0 saturated carbocycles. The highest BCUT2D eigenvalue weighted by Crippen LogP contribution is 2.20. The Hall–Kier alpha value is -2.51. The van der Waals surface area contributed by atoms with E-state index in [0.29, 0.717) is 0 Å². The molecule has 3 aromatic heterocycles. The Morgan fingerprint density at radius 3 is 3.17 bits per heavy atom. The van der Waals surface area contributed by atoms with E-state index in [-0.39, 0.29) is 12.1 Å². The van der Waals surface area contributed by atoms with Crippen molar-refractivity contribution in [2.24, 2.45) is 0 Å². The second kappa shape index (κ2) is 6.54. The number of piperidine rings is 1. The van der Waals surface area contributed by atoms with Crippen LogP contribution < -0.4 is 10.6 Å². The number of methoxy groups -OCH3 is 1. The van der Waals surface area contributed by atoms with Crippen LogP contribution in [-0.4, -0.2) is 51.7 Å². The topological polar surface area (TPSA) is 76.4 Å². The van der Waals surface area contributed by atoms with E-state index in [9.17, 15) is 0 Å². The first-order valence-electron chi connectivity index (χ1n) is 8.10. The summed E-state index contributed by atoms with van der Waals surface area (Å²) in [5.74, 6) is 0.745. The number of imidazole rings is 1. The zero-order valence-corrected chi connectivity index (χ0v) is 13.5. The van der Waals surface area contributed by atoms with Gasteiger partial charge in [0.2, 0.25) is 0 Å². The van der Waals surface area contributed by atoms with Gasteiger partial charge in [-0.05, 0) is 25.1 Å². The summed E-state index contributed by atoms with van der Waals surface area (Å²) in [6.45, 7) is 1.82. The average Bonchev–Trinajstić information content (AvgIpc) is 3.06. The Morgan fingerprint density at radius 2 is 2.25 bits per heavy atom. The van der Waals surface area contributed by atoms with E-state index in [1.165, 1.54) is 0 Å². The van der Waals surface area contributed by atoms with Crippen LogP contribution in [0.4, 0.5) is 5.82 Å². The van der Waals surface area contributed by atoms with Crippen LogP contribution in [0.5, 0.6) is 0 Å². The van der Waals surface area contributed by atoms with Crippen molar-refractivity contribution < 1.29 is 4.74 Å². The Balaban J connectivity index is 1.62. The van der Waals surface area contributed by atoms with Gasteiger partial charge < -0.3 is 15.4 Å². The van der Waals surface area contributed by atoms with Crippen LogP contribution in [0, 0.1) is 0 Å². The van der Waals surface area contributed by atoms with Crippen molar-refractivity contribution >= 4 is 11.5 Å². The van der Waals surface area contributed by atoms with Crippen LogP contribution in [0.15, 0.2) is 43.0 Å². The molecule has 7 nitrogen and oxygen atoms in total. The molecule has 124 valence electrons. The lowest BCUT2D eigenvalue weighted by atomic mass is 10.0. The van der Waals surface area contributed by atoms with Crippen molar-refractivity contribution in [2.75, 3.05) is 25.5 Å². The molecule has 4 heterocycles. The van der Waals surface area contributed by atoms with Gasteiger partial charge in [-0.1, -0.05) is 6.07 Å². The predicted octanol–water partition coefficient (Wildman–Crippen LogP) is 1.58. The second-order valence-corrected chi connectivity index (χ2v) is 5.88. The molecule has 4 rings (SSSR count). The van der Waals surface area contributed by atoms with Crippen LogP contribution in [0.3, 0.4) is 0 Å². The van der Waals surface area contributed by atoms with Crippen molar-refractivity contribution in [1.82, 2.24) is 24.7 Å². The molecule has 0 radical (unpaired) electrons. The van der Waals surface area contributed by atoms with E-state index in [0.717, 1.165) is 42.4 Å². The van der Waals surface area contributed by atoms with Gasteiger partial charge in [-0.3, -0.25) is 9.38 Å². The SMILES string of the molecule is CO[C@H]1CCNC[C@@H]1Nc1cncc(-c2cnc3ccccn23)n1. The van der Waals surface area contributed by atoms with E-state index >= 15 is 0 Å². The predicted molar refractivity (Wildman–Crippen MR) is 91.9 cm³/mol. The van der Waals surface area contributed by atoms with Crippen molar-refractivity contribution in [3.63, 3.8) is 0 Å². The first-order chi connectivity index (χ1) is 11.8. The number of nitrogens with one attached hydrogen (secondary N) is 2. The fraction of sp³-hybridized carbons (Fsp3) is 0.353. The maximum Gasteiger partial charge on any atom is 0.145 e. The van der Waals surface area contributed by atoms with Crippen LogP contribution >= 0.6 is 0 Å². The Kier molecular flexibility index (Phi) is 4.10. The highest BCUT2D eigenvalue weighted by molar-refractivity contribution is 5.60. The Bertz CT molecular complexity index is 833. The molecule has 24 heavy (non-hydrogen) atoms. The molecule has 3 aromatic rings. The number of fused-ring (bicyclic) bond motifs is 1. The summed E-state index contributed by atoms with van der Waals surface area (Å²) >= 11 is 0. The maximum atomic E-state index is 5.57. The standard InChI is InChI=1S/C17H20N6O/c1-24-15-5-6-18-9-13(15)22-16-11-19-8-12(21-16)14-10-20-17-4-2-3-7-23(14)17/h2-4,7-8,10-11,13,15,18H,5-6,9H2,1H3,(H,21,22)/t13-,15-/m0/s1. The molecule has 0 unspecified atom stereocenters. The third-order valence-corrected chi connectivity index (χ3v) is 4.37. The minimum atomic E-state index is 0.174. The zero-order chi connectivity index (χ0) is 16.4. The first kappa shape index (κ1) is 15.0. The fourth-order valence-corrected chi connectivity index (χ4v) is 3.13. The molecule has 2 N–H and O–H groups in total. The number of anilines is 1. The molecule has 0 amide bonds. The van der Waals surface area contributed by atoms with Crippen molar-refractivity contribution in [1.29, 1.82) is 0 Å². The Labute approximate surface area is 140 Å². The lowest BCUT2D eigenvalue weighted by Crippen LogP contribution is -2.49. The lowest BCUT2D eigenvalue weighted by molar-refractivity contribution is 0.0664. The third kappa shape index (κ3) is 2.83. The van der Waals surface area contributed by atoms with Gasteiger partial charge >= 0.3 is 0 Å². The van der Waals surface area contributed by atoms with Gasteiger partial charge in [0.25, 0.3) is 0 Å². The maximum absolute atomic E-state index is 5.57. The van der Waals surface area contributed by atoms with E-state index in [2.05, 4.69) is 20.6 Å². The number of rotatable bonds is 4. The second-order valence-electron chi connectivity index (χ2n) is 5.88. The van der Waals surface area contributed by atoms with E-state index in [4.69, 9.17) is 9.72 Å². The fourth-order valence-electron chi connectivity index (χ4n) is 3.13. The summed E-state index contributed by atoms with van der Waals surface area (Å²) in [5, 5.41) is 6.82. The monoisotopic (exact) mass is 324 g/mol. The van der Waals surface area contributed by atoms with Gasteiger partial charge in [-0.2, -0.15) is 0 Å². The molecule has 0 aliphatic carbocycles. The smallest absolute Gasteiger partial charge is 0.145 e. The number of hydrogen-bond acceptors (Lipinski definition) is 6. The summed E-state index contributed by atoms with van der Waals surface area (Å²) < 4.78 is 7.58. The van der Waals surface area contributed by atoms with Crippen LogP contribution in [-0.2, 0) is 4.74 Å². The highest BCUT2D eigenvalue weighted by Gasteiger charge is 2.25. The van der Waals surface area contributed by atoms with Gasteiger partial charge in [-0.25, -0.2) is 9.97 Å². The number of nitrogens with zero attached hydrogens (tertiary/aromatic N) is 4. The zero-order valence-electron chi connectivity index (χ0n) is 13.5. The third-order valence-electron chi connectivity index (χ3n) is 4.37. The van der Waals surface area contributed by atoms with Gasteiger partial charge in [0.15, 0.2) is 0 Å². The average molecular weight is 324 g/mol. The van der Waals surface area contributed by atoms with E-state index in [1.807, 2.05) is 35.0 Å². The van der Waals surface area contributed by atoms with E-state index in [1.54, 1.807) is 19.5 Å². The molecular weight excluding hydrogens is 304 g/mol. The number of aromatic nitrogens is 4. The minimum absolute atomic E-state index is 0.174. The summed E-state index contributed by atoms with van der Waals surface area (Å²) in [6, 6.07) is 6.09. The summed E-state index contributed by atoms with van der Waals surface area (Å²) in [6.07, 6.45) is 8.46. The molecule has 2 atom stereocenters. The Morgan fingerprint density at radius 1 is 1.29 bits per heavy atom. The molecule has 1 saturated heterocycles. The molecule has 1 aliphatic rings. The van der Waals surface area contributed by atoms with Gasteiger partial charge in [-0.15, -0.1) is 0 Å². The molecule has 1 fully saturated rings. The lowest BCUT2D eigenvalue weighted by Gasteiger charge is -2.31. The minimum Gasteiger partial charge on any atom is -0.379 e. The number of hydrogen-bond donors (Lipinski definition) is 2. The van der Waals surface area contributed by atoms with Crippen molar-refractivity contribution in [2.45, 2.75) is 18.6 Å². The van der Waals surface area contributed by atoms with Crippen LogP contribution in [0.1, 0.15) is 6.42 Å². The van der Waals surface area contributed by atoms with E-state index < -0.39 is 0 Å². The van der Waals surface area contributed by atoms with Crippen molar-refractivity contribution in [3.05, 3.63) is 43.0 Å². The van der Waals surface area contributed by atoms with Gasteiger partial charge in [0.05, 0.1) is 36.4 Å². The summed E-state index contributed by atoms with van der Waals surface area (Å²) in [4.78, 5) is 13.5. The summed E-state index contributed by atoms with van der Waals surface area (Å²) in [5.41, 5.74) is 2.60. The van der Waals surface area contributed by atoms with Crippen LogP contribution in [0.25, 0.3) is 17.0 Å². The molecular formula is C17H20N6O. The molecule has 0 bridgehead atoms. The quantitative estimate of drug-likeness (QED) is 0.759. The molecule has 7 heteroatoms. The van der Waals surface area contributed by atoms with Crippen molar-refractivity contribution in [3.8, 4) is 11.4 Å². The highest BCUT2D eigenvalue weighted by atomic mass is 16.5. The molecule has 1 aliphatic heterocycles. The van der Waals surface area contributed by atoms with Gasteiger partial charge in [0.1, 0.15) is 17.2 Å². The van der Waals surface area contributed by atoms with Gasteiger partial charge in [0, 0.05) is 19.9 Å². The first-order valence-corrected chi connectivity index (χ1v) is 8.10. The van der Waals surface area contributed by atoms with Crippen LogP contribution in [0.2, 0.25) is 0 Å². The number of pyridine rings is 1. The normalized spacial score (nSPS) is 21.0. The summed E-state index contributed by atoms with van der Waals surface area (Å²) in [7, 11) is 1.76. The largest absolute Gasteiger partial charge is 0.379 e. The number of ether oxygens (including phenoxy) is 1. The molecule has 0 aromatic carbocycles. The molecule has 0 spiro atoms.